The molecule has 2 saturated heterocycles. The first-order chi connectivity index (χ1) is 18.8. The highest BCUT2D eigenvalue weighted by Gasteiger charge is 2.72. The molecule has 3 heterocycles. The standard InChI is InChI=1S/C30H41N3O6/c1-5-38-17-7-16-33-26(28(35)32-22-9-6-8-18(2)19(22)3)30-15-14-23(39-30)24(25(30)29(33)36)27(34)31-20-10-12-21(37-4)13-11-20/h10-15,18-19,22-26H,5-9,16-17H2,1-4H3,(H,31,34)(H,32,35)/t18?,19?,22?,23-,24?,25-,26?,30?/m0/s1. The second kappa shape index (κ2) is 11.3. The van der Waals surface area contributed by atoms with Gasteiger partial charge in [-0.3, -0.25) is 14.4 Å². The zero-order valence-corrected chi connectivity index (χ0v) is 23.4. The number of amides is 3. The van der Waals surface area contributed by atoms with Crippen LogP contribution in [0.1, 0.15) is 46.5 Å². The predicted molar refractivity (Wildman–Crippen MR) is 146 cm³/mol. The van der Waals surface area contributed by atoms with Crippen LogP contribution in [-0.4, -0.2) is 73.3 Å². The smallest absolute Gasteiger partial charge is 0.246 e. The van der Waals surface area contributed by atoms with Crippen molar-refractivity contribution in [1.29, 1.82) is 0 Å². The van der Waals surface area contributed by atoms with E-state index in [9.17, 15) is 14.4 Å². The molecular weight excluding hydrogens is 498 g/mol. The first-order valence-electron chi connectivity index (χ1n) is 14.3. The van der Waals surface area contributed by atoms with Crippen molar-refractivity contribution in [3.63, 3.8) is 0 Å². The highest BCUT2D eigenvalue weighted by molar-refractivity contribution is 6.02. The van der Waals surface area contributed by atoms with Gasteiger partial charge in [0.2, 0.25) is 17.7 Å². The molecule has 39 heavy (non-hydrogen) atoms. The molecule has 1 aliphatic carbocycles. The molecule has 1 saturated carbocycles. The average molecular weight is 540 g/mol. The first-order valence-corrected chi connectivity index (χ1v) is 14.3. The maximum absolute atomic E-state index is 14.0. The summed E-state index contributed by atoms with van der Waals surface area (Å²) in [6.45, 7) is 7.78. The third-order valence-electron chi connectivity index (χ3n) is 9.21. The van der Waals surface area contributed by atoms with Gasteiger partial charge in [0.05, 0.1) is 25.0 Å². The molecular formula is C30H41N3O6. The Morgan fingerprint density at radius 2 is 1.92 bits per heavy atom. The molecule has 9 heteroatoms. The Morgan fingerprint density at radius 1 is 1.15 bits per heavy atom. The molecule has 8 atom stereocenters. The zero-order valence-electron chi connectivity index (χ0n) is 23.4. The summed E-state index contributed by atoms with van der Waals surface area (Å²) in [7, 11) is 1.58. The summed E-state index contributed by atoms with van der Waals surface area (Å²) in [5.74, 6) is -0.650. The van der Waals surface area contributed by atoms with Crippen molar-refractivity contribution in [1.82, 2.24) is 10.2 Å². The van der Waals surface area contributed by atoms with Crippen LogP contribution in [0.4, 0.5) is 5.69 Å². The van der Waals surface area contributed by atoms with Crippen molar-refractivity contribution in [2.75, 3.05) is 32.2 Å². The first kappa shape index (κ1) is 27.6. The molecule has 3 aliphatic heterocycles. The van der Waals surface area contributed by atoms with Crippen LogP contribution in [0, 0.1) is 23.7 Å². The molecule has 3 fully saturated rings. The maximum Gasteiger partial charge on any atom is 0.246 e. The highest BCUT2D eigenvalue weighted by atomic mass is 16.5. The lowest BCUT2D eigenvalue weighted by atomic mass is 9.73. The summed E-state index contributed by atoms with van der Waals surface area (Å²) in [5.41, 5.74) is -0.557. The highest BCUT2D eigenvalue weighted by Crippen LogP contribution is 2.55. The monoisotopic (exact) mass is 539 g/mol. The topological polar surface area (TPSA) is 106 Å². The molecule has 0 radical (unpaired) electrons. The van der Waals surface area contributed by atoms with E-state index in [1.54, 1.807) is 36.3 Å². The molecule has 2 N–H and O–H groups in total. The second-order valence-electron chi connectivity index (χ2n) is 11.4. The fourth-order valence-corrected chi connectivity index (χ4v) is 6.94. The van der Waals surface area contributed by atoms with Gasteiger partial charge >= 0.3 is 0 Å². The summed E-state index contributed by atoms with van der Waals surface area (Å²) >= 11 is 0. The van der Waals surface area contributed by atoms with Crippen LogP contribution in [0.25, 0.3) is 0 Å². The molecule has 3 amide bonds. The number of anilines is 1. The van der Waals surface area contributed by atoms with E-state index >= 15 is 0 Å². The van der Waals surface area contributed by atoms with Gasteiger partial charge in [0.15, 0.2) is 0 Å². The molecule has 212 valence electrons. The Kier molecular flexibility index (Phi) is 8.01. The fraction of sp³-hybridized carbons (Fsp3) is 0.633. The van der Waals surface area contributed by atoms with E-state index < -0.39 is 29.6 Å². The second-order valence-corrected chi connectivity index (χ2v) is 11.4. The average Bonchev–Trinajstić information content (AvgIpc) is 3.57. The number of benzene rings is 1. The number of carbonyl (C=O) groups excluding carboxylic acids is 3. The van der Waals surface area contributed by atoms with Crippen LogP contribution in [0.15, 0.2) is 36.4 Å². The number of fused-ring (bicyclic) bond motifs is 1. The van der Waals surface area contributed by atoms with Gasteiger partial charge in [-0.05, 0) is 55.9 Å². The summed E-state index contributed by atoms with van der Waals surface area (Å²) in [5, 5.41) is 6.23. The Bertz CT molecular complexity index is 1110. The van der Waals surface area contributed by atoms with Crippen LogP contribution >= 0.6 is 0 Å². The number of likely N-dealkylation sites (tertiary alicyclic amines) is 1. The van der Waals surface area contributed by atoms with E-state index in [2.05, 4.69) is 24.5 Å². The van der Waals surface area contributed by atoms with Gasteiger partial charge in [-0.1, -0.05) is 38.8 Å². The minimum absolute atomic E-state index is 0.0498. The molecule has 1 aromatic rings. The van der Waals surface area contributed by atoms with Crippen molar-refractivity contribution < 1.29 is 28.6 Å². The number of nitrogens with zero attached hydrogens (tertiary/aromatic N) is 1. The van der Waals surface area contributed by atoms with E-state index in [-0.39, 0.29) is 23.8 Å². The number of hydrogen-bond acceptors (Lipinski definition) is 6. The predicted octanol–water partition coefficient (Wildman–Crippen LogP) is 3.15. The summed E-state index contributed by atoms with van der Waals surface area (Å²) in [4.78, 5) is 43.2. The van der Waals surface area contributed by atoms with Crippen molar-refractivity contribution in [3.05, 3.63) is 36.4 Å². The normalized spacial score (nSPS) is 34.7. The molecule has 1 aromatic carbocycles. The van der Waals surface area contributed by atoms with E-state index in [1.165, 1.54) is 0 Å². The Hall–Kier alpha value is -2.91. The van der Waals surface area contributed by atoms with Crippen molar-refractivity contribution in [2.45, 2.75) is 70.2 Å². The quantitative estimate of drug-likeness (QED) is 0.350. The third kappa shape index (κ3) is 4.95. The number of ether oxygens (including phenoxy) is 3. The Morgan fingerprint density at radius 3 is 2.64 bits per heavy atom. The van der Waals surface area contributed by atoms with Crippen LogP contribution in [0.2, 0.25) is 0 Å². The third-order valence-corrected chi connectivity index (χ3v) is 9.21. The number of nitrogens with one attached hydrogen (secondary N) is 2. The van der Waals surface area contributed by atoms with Crippen LogP contribution in [-0.2, 0) is 23.9 Å². The van der Waals surface area contributed by atoms with Crippen molar-refractivity contribution >= 4 is 23.4 Å². The SMILES string of the molecule is CCOCCCN1C(=O)[C@@H]2C(C(=O)Nc3ccc(OC)cc3)[C@@H]3C=CC2(O3)C1C(=O)NC1CCCC(C)C1C. The lowest BCUT2D eigenvalue weighted by molar-refractivity contribution is -0.141. The van der Waals surface area contributed by atoms with E-state index in [1.807, 2.05) is 19.1 Å². The summed E-state index contributed by atoms with van der Waals surface area (Å²) in [6, 6.07) is 6.27. The fourth-order valence-electron chi connectivity index (χ4n) is 6.94. The van der Waals surface area contributed by atoms with E-state index in [0.717, 1.165) is 19.3 Å². The molecule has 5 rings (SSSR count). The van der Waals surface area contributed by atoms with Gasteiger partial charge in [0.25, 0.3) is 0 Å². The molecule has 4 aliphatic rings. The Labute approximate surface area is 230 Å². The number of rotatable bonds is 10. The summed E-state index contributed by atoms with van der Waals surface area (Å²) < 4.78 is 17.2. The Balaban J connectivity index is 1.40. The van der Waals surface area contributed by atoms with Crippen LogP contribution < -0.4 is 15.4 Å². The minimum Gasteiger partial charge on any atom is -0.497 e. The number of hydrogen-bond donors (Lipinski definition) is 2. The number of methoxy groups -OCH3 is 1. The molecule has 0 aromatic heterocycles. The van der Waals surface area contributed by atoms with Crippen molar-refractivity contribution in [3.8, 4) is 5.75 Å². The van der Waals surface area contributed by atoms with E-state index in [4.69, 9.17) is 14.2 Å². The van der Waals surface area contributed by atoms with Gasteiger partial charge in [-0.25, -0.2) is 0 Å². The maximum atomic E-state index is 14.0. The van der Waals surface area contributed by atoms with Crippen molar-refractivity contribution in [2.24, 2.45) is 23.7 Å². The van der Waals surface area contributed by atoms with Gasteiger partial charge in [-0.15, -0.1) is 0 Å². The summed E-state index contributed by atoms with van der Waals surface area (Å²) in [6.07, 6.45) is 6.88. The molecule has 2 bridgehead atoms. The van der Waals surface area contributed by atoms with Gasteiger partial charge in [0.1, 0.15) is 17.4 Å². The minimum atomic E-state index is -1.16. The number of carbonyl (C=O) groups is 3. The zero-order chi connectivity index (χ0) is 27.7. The molecule has 1 spiro atoms. The van der Waals surface area contributed by atoms with Gasteiger partial charge < -0.3 is 29.7 Å². The molecule has 9 nitrogen and oxygen atoms in total. The van der Waals surface area contributed by atoms with Gasteiger partial charge in [-0.2, -0.15) is 0 Å². The largest absolute Gasteiger partial charge is 0.497 e. The van der Waals surface area contributed by atoms with E-state index in [0.29, 0.717) is 49.5 Å². The lowest BCUT2D eigenvalue weighted by Gasteiger charge is -2.38. The van der Waals surface area contributed by atoms with Crippen LogP contribution in [0.3, 0.4) is 0 Å². The van der Waals surface area contributed by atoms with Gasteiger partial charge in [0, 0.05) is 31.5 Å². The van der Waals surface area contributed by atoms with Crippen LogP contribution in [0.5, 0.6) is 5.75 Å². The lowest BCUT2D eigenvalue weighted by Crippen LogP contribution is -2.58. The molecule has 6 unspecified atom stereocenters.